The van der Waals surface area contributed by atoms with Gasteiger partial charge in [-0.3, -0.25) is 0 Å². The molecule has 0 fully saturated rings. The normalized spacial score (nSPS) is 9.25. The second kappa shape index (κ2) is 6.83. The van der Waals surface area contributed by atoms with Crippen LogP contribution in [0.4, 0.5) is 0 Å². The molecule has 8 heavy (non-hydrogen) atoms. The van der Waals surface area contributed by atoms with Crippen LogP contribution in [0, 0.1) is 13.3 Å². The van der Waals surface area contributed by atoms with Gasteiger partial charge in [0, 0.05) is 6.54 Å². The maximum absolute atomic E-state index is 3.62. The fraction of sp³-hybridized carbons (Fsp3) is 0.714. The summed E-state index contributed by atoms with van der Waals surface area (Å²) in [5.74, 6) is 0. The van der Waals surface area contributed by atoms with Crippen molar-refractivity contribution < 1.29 is 0 Å². The summed E-state index contributed by atoms with van der Waals surface area (Å²) in [5, 5.41) is 3.26. The lowest BCUT2D eigenvalue weighted by Gasteiger charge is -1.96. The Balaban J connectivity index is 2.53. The molecule has 0 aliphatic heterocycles. The summed E-state index contributed by atoms with van der Waals surface area (Å²) in [7, 11) is 0. The van der Waals surface area contributed by atoms with Crippen molar-refractivity contribution in [3.8, 4) is 0 Å². The first kappa shape index (κ1) is 7.83. The summed E-state index contributed by atoms with van der Waals surface area (Å²) in [6.45, 7) is 8.00. The van der Waals surface area contributed by atoms with E-state index < -0.39 is 0 Å². The Morgan fingerprint density at radius 1 is 1.50 bits per heavy atom. The summed E-state index contributed by atoms with van der Waals surface area (Å²) in [5.41, 5.74) is 0. The molecule has 0 aromatic carbocycles. The monoisotopic (exact) mass is 113 g/mol. The van der Waals surface area contributed by atoms with Crippen molar-refractivity contribution >= 4 is 0 Å². The van der Waals surface area contributed by atoms with Gasteiger partial charge in [-0.2, -0.15) is 0 Å². The molecule has 0 aliphatic carbocycles. The van der Waals surface area contributed by atoms with Crippen LogP contribution in [0.1, 0.15) is 19.8 Å². The molecule has 0 unspecified atom stereocenters. The molecule has 0 atom stereocenters. The van der Waals surface area contributed by atoms with E-state index in [9.17, 15) is 0 Å². The van der Waals surface area contributed by atoms with Crippen LogP contribution in [0.25, 0.3) is 0 Å². The van der Waals surface area contributed by atoms with Crippen molar-refractivity contribution in [1.82, 2.24) is 5.32 Å². The van der Waals surface area contributed by atoms with Crippen LogP contribution in [0.15, 0.2) is 0 Å². The van der Waals surface area contributed by atoms with Crippen molar-refractivity contribution in [3.63, 3.8) is 0 Å². The largest absolute Gasteiger partial charge is 0.313 e. The molecule has 0 rings (SSSR count). The van der Waals surface area contributed by atoms with Crippen molar-refractivity contribution in [3.05, 3.63) is 13.3 Å². The summed E-state index contributed by atoms with van der Waals surface area (Å²) in [6.07, 6.45) is 4.24. The topological polar surface area (TPSA) is 12.0 Å². The molecular formula is C7H15N. The minimum absolute atomic E-state index is 1.08. The van der Waals surface area contributed by atoms with Gasteiger partial charge in [0.1, 0.15) is 0 Å². The van der Waals surface area contributed by atoms with Crippen molar-refractivity contribution in [2.24, 2.45) is 0 Å². The van der Waals surface area contributed by atoms with Gasteiger partial charge in [-0.15, -0.1) is 6.92 Å². The molecule has 0 aliphatic rings. The second-order valence-corrected chi connectivity index (χ2v) is 1.83. The molecule has 0 bridgehead atoms. The van der Waals surface area contributed by atoms with Crippen LogP contribution in [0.3, 0.4) is 0 Å². The maximum atomic E-state index is 3.62. The van der Waals surface area contributed by atoms with Gasteiger partial charge in [-0.05, 0) is 13.0 Å². The van der Waals surface area contributed by atoms with Crippen LogP contribution in [-0.4, -0.2) is 13.1 Å². The number of rotatable bonds is 5. The molecular weight excluding hydrogens is 98.1 g/mol. The molecule has 48 valence electrons. The van der Waals surface area contributed by atoms with Gasteiger partial charge in [0.25, 0.3) is 0 Å². The van der Waals surface area contributed by atoms with Gasteiger partial charge in [-0.25, -0.2) is 0 Å². The standard InChI is InChI=1S/C7H15N/c1-3-5-7-8-6-4-2/h3,8H,1,4-7H2,2H3. The van der Waals surface area contributed by atoms with Crippen molar-refractivity contribution in [2.75, 3.05) is 13.1 Å². The first-order valence-corrected chi connectivity index (χ1v) is 3.23. The predicted octanol–water partition coefficient (Wildman–Crippen LogP) is 1.41. The molecule has 0 saturated carbocycles. The Kier molecular flexibility index (Phi) is 6.68. The number of hydrogen-bond donors (Lipinski definition) is 1. The summed E-state index contributed by atoms with van der Waals surface area (Å²) in [4.78, 5) is 0. The summed E-state index contributed by atoms with van der Waals surface area (Å²) >= 11 is 0. The predicted molar refractivity (Wildman–Crippen MR) is 37.4 cm³/mol. The van der Waals surface area contributed by atoms with Gasteiger partial charge in [0.05, 0.1) is 6.42 Å². The number of nitrogens with one attached hydrogen (secondary N) is 1. The van der Waals surface area contributed by atoms with E-state index in [4.69, 9.17) is 0 Å². The molecule has 0 saturated heterocycles. The lowest BCUT2D eigenvalue weighted by molar-refractivity contribution is 0.671. The van der Waals surface area contributed by atoms with Crippen molar-refractivity contribution in [2.45, 2.75) is 19.8 Å². The molecule has 0 heterocycles. The molecule has 0 amide bonds. The molecule has 0 radical (unpaired) electrons. The fourth-order valence-electron chi connectivity index (χ4n) is 0.506. The van der Waals surface area contributed by atoms with Crippen LogP contribution < -0.4 is 5.32 Å². The second-order valence-electron chi connectivity index (χ2n) is 1.83. The van der Waals surface area contributed by atoms with Crippen LogP contribution in [0.5, 0.6) is 0 Å². The smallest absolute Gasteiger partial charge is 0.0694 e. The van der Waals surface area contributed by atoms with E-state index in [0.29, 0.717) is 0 Å². The number of unbranched alkanes of at least 4 members (excludes halogenated alkanes) is 1. The van der Waals surface area contributed by atoms with Crippen LogP contribution in [0.2, 0.25) is 0 Å². The average molecular weight is 113 g/mol. The quantitative estimate of drug-likeness (QED) is 0.420. The molecule has 1 nitrogen and oxygen atoms in total. The Morgan fingerprint density at radius 3 is 2.75 bits per heavy atom. The van der Waals surface area contributed by atoms with E-state index >= 15 is 0 Å². The van der Waals surface area contributed by atoms with E-state index in [2.05, 4.69) is 19.2 Å². The minimum Gasteiger partial charge on any atom is -0.313 e. The van der Waals surface area contributed by atoms with E-state index in [-0.39, 0.29) is 0 Å². The molecule has 0 spiro atoms. The third-order valence-corrected chi connectivity index (χ3v) is 0.952. The van der Waals surface area contributed by atoms with E-state index in [1.165, 1.54) is 6.42 Å². The maximum Gasteiger partial charge on any atom is 0.0694 e. The minimum atomic E-state index is 1.08. The Bertz CT molecular complexity index is 29.4. The zero-order chi connectivity index (χ0) is 6.24. The van der Waals surface area contributed by atoms with Crippen LogP contribution in [-0.2, 0) is 0 Å². The highest BCUT2D eigenvalue weighted by Crippen LogP contribution is 1.79. The Hall–Kier alpha value is -0.170. The van der Waals surface area contributed by atoms with Gasteiger partial charge in [0.2, 0.25) is 0 Å². The molecule has 0 aromatic heterocycles. The molecule has 1 N–H and O–H groups in total. The SMILES string of the molecule is [CH2-][CH+]CCNCCC. The van der Waals surface area contributed by atoms with Crippen LogP contribution >= 0.6 is 0 Å². The highest BCUT2D eigenvalue weighted by molar-refractivity contribution is 4.66. The summed E-state index contributed by atoms with van der Waals surface area (Å²) < 4.78 is 0. The Labute approximate surface area is 52.5 Å². The van der Waals surface area contributed by atoms with Crippen molar-refractivity contribution in [1.29, 1.82) is 0 Å². The van der Waals surface area contributed by atoms with E-state index in [0.717, 1.165) is 19.5 Å². The Morgan fingerprint density at radius 2 is 2.25 bits per heavy atom. The average Bonchev–Trinajstić information content (AvgIpc) is 1.81. The number of hydrogen-bond acceptors (Lipinski definition) is 1. The zero-order valence-electron chi connectivity index (χ0n) is 5.61. The highest BCUT2D eigenvalue weighted by atomic mass is 14.8. The molecule has 0 aromatic rings. The zero-order valence-corrected chi connectivity index (χ0v) is 5.61. The van der Waals surface area contributed by atoms with Gasteiger partial charge in [-0.1, -0.05) is 13.3 Å². The lowest BCUT2D eigenvalue weighted by atomic mass is 10.3. The third kappa shape index (κ3) is 5.83. The first-order chi connectivity index (χ1) is 3.91. The van der Waals surface area contributed by atoms with Gasteiger partial charge < -0.3 is 5.32 Å². The summed E-state index contributed by atoms with van der Waals surface area (Å²) in [6, 6.07) is 0. The van der Waals surface area contributed by atoms with Gasteiger partial charge >= 0.3 is 0 Å². The highest BCUT2D eigenvalue weighted by Gasteiger charge is 1.83. The first-order valence-electron chi connectivity index (χ1n) is 3.23. The van der Waals surface area contributed by atoms with Gasteiger partial charge in [0.15, 0.2) is 0 Å². The fourth-order valence-corrected chi connectivity index (χ4v) is 0.506. The lowest BCUT2D eigenvalue weighted by Crippen LogP contribution is -2.15. The third-order valence-electron chi connectivity index (χ3n) is 0.952. The van der Waals surface area contributed by atoms with E-state index in [1.54, 1.807) is 0 Å². The molecule has 1 heteroatoms. The van der Waals surface area contributed by atoms with E-state index in [1.807, 2.05) is 6.42 Å².